The van der Waals surface area contributed by atoms with Crippen LogP contribution in [0.2, 0.25) is 0 Å². The van der Waals surface area contributed by atoms with E-state index in [2.05, 4.69) is 15.3 Å². The standard InChI is InChI=1S/C21H17F3N4O/c1-13-20(28-9-3-2-4-19(28)25-13)17-10-14(12-29)11-18(27-17)26-16-7-5-15(6-8-16)21(22,23)24/h2-11,29H,12H2,1H3,(H,26,27). The van der Waals surface area contributed by atoms with Gasteiger partial charge in [0.2, 0.25) is 0 Å². The van der Waals surface area contributed by atoms with E-state index in [1.54, 1.807) is 12.1 Å². The van der Waals surface area contributed by atoms with Gasteiger partial charge in [-0.15, -0.1) is 0 Å². The third-order valence-electron chi connectivity index (χ3n) is 4.50. The summed E-state index contributed by atoms with van der Waals surface area (Å²) >= 11 is 0. The molecule has 0 saturated carbocycles. The molecule has 2 N–H and O–H groups in total. The maximum Gasteiger partial charge on any atom is 0.416 e. The summed E-state index contributed by atoms with van der Waals surface area (Å²) in [5, 5.41) is 12.7. The second kappa shape index (κ2) is 7.21. The van der Waals surface area contributed by atoms with Gasteiger partial charge < -0.3 is 10.4 Å². The molecule has 0 unspecified atom stereocenters. The monoisotopic (exact) mass is 398 g/mol. The third-order valence-corrected chi connectivity index (χ3v) is 4.50. The largest absolute Gasteiger partial charge is 0.416 e. The fraction of sp³-hybridized carbons (Fsp3) is 0.143. The van der Waals surface area contributed by atoms with Crippen LogP contribution in [-0.4, -0.2) is 19.5 Å². The summed E-state index contributed by atoms with van der Waals surface area (Å²) in [4.78, 5) is 9.12. The summed E-state index contributed by atoms with van der Waals surface area (Å²) in [6.45, 7) is 1.67. The molecule has 5 nitrogen and oxygen atoms in total. The van der Waals surface area contributed by atoms with E-state index in [4.69, 9.17) is 0 Å². The molecule has 0 amide bonds. The molecule has 1 aromatic carbocycles. The maximum atomic E-state index is 12.8. The highest BCUT2D eigenvalue weighted by atomic mass is 19.4. The van der Waals surface area contributed by atoms with E-state index in [0.29, 0.717) is 22.8 Å². The molecule has 0 aliphatic heterocycles. The first-order valence-corrected chi connectivity index (χ1v) is 8.85. The number of nitrogens with one attached hydrogen (secondary N) is 1. The number of fused-ring (bicyclic) bond motifs is 1. The molecule has 0 aliphatic rings. The Hall–Kier alpha value is -3.39. The van der Waals surface area contributed by atoms with Crippen molar-refractivity contribution in [3.05, 3.63) is 77.6 Å². The molecule has 0 saturated heterocycles. The van der Waals surface area contributed by atoms with Gasteiger partial charge in [-0.1, -0.05) is 6.07 Å². The number of aliphatic hydroxyl groups is 1. The Kier molecular flexibility index (Phi) is 4.71. The van der Waals surface area contributed by atoms with Gasteiger partial charge >= 0.3 is 6.18 Å². The lowest BCUT2D eigenvalue weighted by Crippen LogP contribution is -2.05. The van der Waals surface area contributed by atoms with Gasteiger partial charge in [-0.2, -0.15) is 13.2 Å². The van der Waals surface area contributed by atoms with Gasteiger partial charge in [0.25, 0.3) is 0 Å². The van der Waals surface area contributed by atoms with Crippen LogP contribution < -0.4 is 5.32 Å². The van der Waals surface area contributed by atoms with Gasteiger partial charge in [-0.3, -0.25) is 4.40 Å². The number of nitrogens with zero attached hydrogens (tertiary/aromatic N) is 3. The Morgan fingerprint density at radius 1 is 1.03 bits per heavy atom. The first-order chi connectivity index (χ1) is 13.8. The fourth-order valence-electron chi connectivity index (χ4n) is 3.18. The molecule has 0 aliphatic carbocycles. The van der Waals surface area contributed by atoms with Crippen molar-refractivity contribution in [2.75, 3.05) is 5.32 Å². The summed E-state index contributed by atoms with van der Waals surface area (Å²) in [6, 6.07) is 13.8. The summed E-state index contributed by atoms with van der Waals surface area (Å²) in [6.07, 6.45) is -2.51. The summed E-state index contributed by atoms with van der Waals surface area (Å²) in [5.74, 6) is 0.414. The number of pyridine rings is 2. The van der Waals surface area contributed by atoms with E-state index in [9.17, 15) is 18.3 Å². The number of aliphatic hydroxyl groups excluding tert-OH is 1. The van der Waals surface area contributed by atoms with Gasteiger partial charge in [0.1, 0.15) is 11.5 Å². The molecule has 3 aromatic heterocycles. The van der Waals surface area contributed by atoms with Gasteiger partial charge in [0, 0.05) is 11.9 Å². The molecule has 0 bridgehead atoms. The minimum Gasteiger partial charge on any atom is -0.392 e. The Bertz CT molecular complexity index is 1170. The molecular weight excluding hydrogens is 381 g/mol. The van der Waals surface area contributed by atoms with Gasteiger partial charge in [-0.25, -0.2) is 9.97 Å². The van der Waals surface area contributed by atoms with Crippen LogP contribution >= 0.6 is 0 Å². The maximum absolute atomic E-state index is 12.8. The Labute approximate surface area is 164 Å². The number of anilines is 2. The second-order valence-electron chi connectivity index (χ2n) is 6.58. The fourth-order valence-corrected chi connectivity index (χ4v) is 3.18. The molecule has 29 heavy (non-hydrogen) atoms. The Morgan fingerprint density at radius 2 is 1.79 bits per heavy atom. The predicted octanol–water partition coefficient (Wildman–Crippen LogP) is 4.96. The average Bonchev–Trinajstić information content (AvgIpc) is 3.03. The van der Waals surface area contributed by atoms with E-state index >= 15 is 0 Å². The van der Waals surface area contributed by atoms with Crippen molar-refractivity contribution in [3.63, 3.8) is 0 Å². The smallest absolute Gasteiger partial charge is 0.392 e. The van der Waals surface area contributed by atoms with Gasteiger partial charge in [-0.05, 0) is 61.0 Å². The van der Waals surface area contributed by atoms with Crippen LogP contribution in [-0.2, 0) is 12.8 Å². The number of aryl methyl sites for hydroxylation is 1. The predicted molar refractivity (Wildman–Crippen MR) is 104 cm³/mol. The molecule has 0 atom stereocenters. The topological polar surface area (TPSA) is 62.5 Å². The van der Waals surface area contributed by atoms with Crippen LogP contribution in [0, 0.1) is 6.92 Å². The normalized spacial score (nSPS) is 11.8. The van der Waals surface area contributed by atoms with Crippen molar-refractivity contribution >= 4 is 17.2 Å². The van der Waals surface area contributed by atoms with E-state index < -0.39 is 11.7 Å². The molecule has 4 aromatic rings. The average molecular weight is 398 g/mol. The molecule has 0 spiro atoms. The van der Waals surface area contributed by atoms with Gasteiger partial charge in [0.15, 0.2) is 0 Å². The second-order valence-corrected chi connectivity index (χ2v) is 6.58. The van der Waals surface area contributed by atoms with Crippen molar-refractivity contribution in [3.8, 4) is 11.4 Å². The molecule has 8 heteroatoms. The van der Waals surface area contributed by atoms with E-state index in [0.717, 1.165) is 29.2 Å². The minimum absolute atomic E-state index is 0.201. The number of halogens is 3. The first-order valence-electron chi connectivity index (χ1n) is 8.85. The Balaban J connectivity index is 1.73. The quantitative estimate of drug-likeness (QED) is 0.510. The zero-order valence-corrected chi connectivity index (χ0v) is 15.4. The lowest BCUT2D eigenvalue weighted by molar-refractivity contribution is -0.137. The van der Waals surface area contributed by atoms with Crippen LogP contribution in [0.4, 0.5) is 24.7 Å². The minimum atomic E-state index is -4.39. The molecular formula is C21H17F3N4O. The number of alkyl halides is 3. The number of imidazole rings is 1. The zero-order valence-electron chi connectivity index (χ0n) is 15.4. The number of aromatic nitrogens is 3. The molecule has 0 fully saturated rings. The van der Waals surface area contributed by atoms with Crippen molar-refractivity contribution in [1.29, 1.82) is 0 Å². The van der Waals surface area contributed by atoms with E-state index in [1.807, 2.05) is 35.7 Å². The third kappa shape index (κ3) is 3.79. The Morgan fingerprint density at radius 3 is 2.48 bits per heavy atom. The lowest BCUT2D eigenvalue weighted by Gasteiger charge is -2.12. The molecule has 0 radical (unpaired) electrons. The van der Waals surface area contributed by atoms with Crippen molar-refractivity contribution in [2.24, 2.45) is 0 Å². The zero-order chi connectivity index (χ0) is 20.6. The van der Waals surface area contributed by atoms with Crippen LogP contribution in [0.5, 0.6) is 0 Å². The van der Waals surface area contributed by atoms with Crippen molar-refractivity contribution in [2.45, 2.75) is 19.7 Å². The number of rotatable bonds is 4. The summed E-state index contributed by atoms with van der Waals surface area (Å²) in [5.41, 5.74) is 3.29. The lowest BCUT2D eigenvalue weighted by atomic mass is 10.1. The highest BCUT2D eigenvalue weighted by Crippen LogP contribution is 2.31. The number of hydrogen-bond acceptors (Lipinski definition) is 4. The first kappa shape index (κ1) is 18.9. The highest BCUT2D eigenvalue weighted by molar-refractivity contribution is 5.68. The SMILES string of the molecule is Cc1nc2ccccn2c1-c1cc(CO)cc(Nc2ccc(C(F)(F)F)cc2)n1. The molecule has 4 rings (SSSR count). The van der Waals surface area contributed by atoms with Gasteiger partial charge in [0.05, 0.1) is 29.3 Å². The van der Waals surface area contributed by atoms with E-state index in [-0.39, 0.29) is 6.61 Å². The van der Waals surface area contributed by atoms with E-state index in [1.165, 1.54) is 12.1 Å². The van der Waals surface area contributed by atoms with Crippen LogP contribution in [0.1, 0.15) is 16.8 Å². The molecule has 3 heterocycles. The number of hydrogen-bond donors (Lipinski definition) is 2. The van der Waals surface area contributed by atoms with Crippen molar-refractivity contribution < 1.29 is 18.3 Å². The van der Waals surface area contributed by atoms with Crippen LogP contribution in [0.3, 0.4) is 0 Å². The summed E-state index contributed by atoms with van der Waals surface area (Å²) < 4.78 is 40.2. The van der Waals surface area contributed by atoms with Crippen molar-refractivity contribution in [1.82, 2.24) is 14.4 Å². The summed E-state index contributed by atoms with van der Waals surface area (Å²) in [7, 11) is 0. The molecule has 148 valence electrons. The van der Waals surface area contributed by atoms with Crippen LogP contribution in [0.15, 0.2) is 60.8 Å². The highest BCUT2D eigenvalue weighted by Gasteiger charge is 2.29. The van der Waals surface area contributed by atoms with Crippen LogP contribution in [0.25, 0.3) is 17.0 Å². The number of benzene rings is 1.